The maximum atomic E-state index is 14.2. The number of nitro groups is 1. The number of methoxy groups -OCH3 is 1. The molecule has 1 aliphatic heterocycles. The molecular weight excluding hydrogens is 620 g/mol. The number of fused-ring (bicyclic) bond motifs is 1. The topological polar surface area (TPSA) is 163 Å². The highest BCUT2D eigenvalue weighted by atomic mass is 32.1. The Morgan fingerprint density at radius 3 is 2.49 bits per heavy atom. The van der Waals surface area contributed by atoms with Crippen molar-refractivity contribution in [1.82, 2.24) is 14.9 Å². The van der Waals surface area contributed by atoms with Gasteiger partial charge in [-0.25, -0.2) is 9.97 Å². The van der Waals surface area contributed by atoms with Gasteiger partial charge in [0.25, 0.3) is 5.69 Å². The lowest BCUT2D eigenvalue weighted by Crippen LogP contribution is -2.53. The monoisotopic (exact) mass is 660 g/mol. The van der Waals surface area contributed by atoms with E-state index in [0.717, 1.165) is 21.7 Å². The van der Waals surface area contributed by atoms with Gasteiger partial charge in [0, 0.05) is 34.9 Å². The van der Waals surface area contributed by atoms with Crippen molar-refractivity contribution in [3.05, 3.63) is 69.2 Å². The van der Waals surface area contributed by atoms with Gasteiger partial charge in [-0.15, -0.1) is 11.3 Å². The largest absolute Gasteiger partial charge is 0.496 e. The van der Waals surface area contributed by atoms with Crippen LogP contribution >= 0.6 is 11.3 Å². The number of nitrogens with zero attached hydrogens (tertiary/aromatic N) is 4. The summed E-state index contributed by atoms with van der Waals surface area (Å²) in [5.41, 5.74) is 8.35. The first kappa shape index (κ1) is 33.6. The zero-order valence-corrected chi connectivity index (χ0v) is 28.4. The molecule has 2 aromatic carbocycles. The average molecular weight is 661 g/mol. The third-order valence-corrected chi connectivity index (χ3v) is 9.26. The van der Waals surface area contributed by atoms with Gasteiger partial charge in [-0.1, -0.05) is 46.8 Å². The Morgan fingerprint density at radius 2 is 1.87 bits per heavy atom. The van der Waals surface area contributed by atoms with Crippen LogP contribution < -0.4 is 20.5 Å². The summed E-state index contributed by atoms with van der Waals surface area (Å²) >= 11 is 1.50. The number of aromatic nitrogens is 2. The number of rotatable bonds is 10. The maximum Gasteiger partial charge on any atom is 0.292 e. The van der Waals surface area contributed by atoms with Gasteiger partial charge in [-0.3, -0.25) is 19.7 Å². The van der Waals surface area contributed by atoms with E-state index in [1.54, 1.807) is 25.3 Å². The summed E-state index contributed by atoms with van der Waals surface area (Å²) in [5, 5.41) is 18.3. The van der Waals surface area contributed by atoms with Gasteiger partial charge in [0.15, 0.2) is 0 Å². The minimum absolute atomic E-state index is 0.0839. The van der Waals surface area contributed by atoms with Crippen LogP contribution in [0.2, 0.25) is 0 Å². The molecule has 12 nitrogen and oxygen atoms in total. The molecule has 3 atom stereocenters. The summed E-state index contributed by atoms with van der Waals surface area (Å²) in [6, 6.07) is 9.88. The first-order chi connectivity index (χ1) is 22.2. The number of para-hydroxylation sites is 2. The number of likely N-dealkylation sites (tertiary alicyclic amines) is 1. The molecular formula is C34H40N6O6S. The first-order valence-electron chi connectivity index (χ1n) is 15.4. The van der Waals surface area contributed by atoms with Gasteiger partial charge in [0.1, 0.15) is 46.1 Å². The second-order valence-corrected chi connectivity index (χ2v) is 14.0. The van der Waals surface area contributed by atoms with Crippen LogP contribution in [0.5, 0.6) is 11.5 Å². The number of hydrogen-bond acceptors (Lipinski definition) is 10. The third-order valence-electron chi connectivity index (χ3n) is 8.38. The standard InChI is InChI=1S/C34H40N6O6S/c1-18(2)24-17-47-32(38-24)23-15-28(21-12-13-27(45-7)19(3)29(21)36-23)46-20-14-26(31(35)41)39(16-20)33(42)30(34(4,5)6)37-22-10-8-9-11-25(22)40(43)44/h8-13,15,17-18,20,26,30,37H,14,16H2,1-7H3,(H2,35,41)/t20-,26+,30-/m1/s1. The van der Waals surface area contributed by atoms with Crippen LogP contribution in [0.4, 0.5) is 11.4 Å². The lowest BCUT2D eigenvalue weighted by Gasteiger charge is -2.35. The lowest BCUT2D eigenvalue weighted by atomic mass is 9.85. The van der Waals surface area contributed by atoms with E-state index in [-0.39, 0.29) is 30.3 Å². The summed E-state index contributed by atoms with van der Waals surface area (Å²) in [6.07, 6.45) is -0.404. The Hall–Kier alpha value is -4.78. The van der Waals surface area contributed by atoms with E-state index in [1.165, 1.54) is 22.3 Å². The Morgan fingerprint density at radius 1 is 1.15 bits per heavy atom. The fourth-order valence-electron chi connectivity index (χ4n) is 5.78. The number of hydrogen-bond donors (Lipinski definition) is 2. The minimum atomic E-state index is -0.938. The zero-order valence-electron chi connectivity index (χ0n) is 27.6. The number of nitro benzene ring substituents is 1. The molecule has 1 fully saturated rings. The van der Waals surface area contributed by atoms with E-state index in [0.29, 0.717) is 22.7 Å². The Bertz CT molecular complexity index is 1830. The number of nitrogens with one attached hydrogen (secondary N) is 1. The molecule has 2 aromatic heterocycles. The maximum absolute atomic E-state index is 14.2. The van der Waals surface area contributed by atoms with Crippen molar-refractivity contribution in [3.63, 3.8) is 0 Å². The second kappa shape index (κ2) is 13.1. The molecule has 1 aliphatic rings. The number of aryl methyl sites for hydroxylation is 1. The smallest absolute Gasteiger partial charge is 0.292 e. The van der Waals surface area contributed by atoms with Crippen molar-refractivity contribution in [2.45, 2.75) is 72.1 Å². The van der Waals surface area contributed by atoms with Crippen LogP contribution in [0, 0.1) is 22.5 Å². The Kier molecular flexibility index (Phi) is 9.39. The number of amides is 2. The highest BCUT2D eigenvalue weighted by Gasteiger charge is 2.45. The normalized spacial score (nSPS) is 17.1. The van der Waals surface area contributed by atoms with Gasteiger partial charge < -0.3 is 25.4 Å². The van der Waals surface area contributed by atoms with Gasteiger partial charge in [-0.2, -0.15) is 0 Å². The Balaban J connectivity index is 1.50. The number of primary amides is 1. The highest BCUT2D eigenvalue weighted by Crippen LogP contribution is 2.38. The first-order valence-corrected chi connectivity index (χ1v) is 16.3. The zero-order chi connectivity index (χ0) is 34.2. The molecule has 13 heteroatoms. The number of nitrogens with two attached hydrogens (primary N) is 1. The molecule has 5 rings (SSSR count). The van der Waals surface area contributed by atoms with E-state index in [4.69, 9.17) is 25.2 Å². The number of carbonyl (C=O) groups is 2. The van der Waals surface area contributed by atoms with Crippen LogP contribution in [0.3, 0.4) is 0 Å². The quantitative estimate of drug-likeness (QED) is 0.152. The molecule has 0 unspecified atom stereocenters. The fraction of sp³-hybridized carbons (Fsp3) is 0.412. The molecule has 3 N–H and O–H groups in total. The van der Waals surface area contributed by atoms with Gasteiger partial charge >= 0.3 is 0 Å². The molecule has 0 aliphatic carbocycles. The molecule has 0 saturated carbocycles. The molecule has 0 spiro atoms. The number of thiazole rings is 1. The van der Waals surface area contributed by atoms with Crippen LogP contribution in [-0.2, 0) is 9.59 Å². The summed E-state index contributed by atoms with van der Waals surface area (Å²) in [4.78, 5) is 49.3. The van der Waals surface area contributed by atoms with Crippen molar-refractivity contribution < 1.29 is 24.0 Å². The molecule has 47 heavy (non-hydrogen) atoms. The fourth-order valence-corrected chi connectivity index (χ4v) is 6.72. The molecule has 0 bridgehead atoms. The number of carbonyl (C=O) groups excluding carboxylic acids is 2. The van der Waals surface area contributed by atoms with Gasteiger partial charge in [-0.05, 0) is 36.5 Å². The predicted octanol–water partition coefficient (Wildman–Crippen LogP) is 6.07. The number of anilines is 1. The molecule has 248 valence electrons. The number of ether oxygens (including phenoxy) is 2. The van der Waals surface area contributed by atoms with Crippen molar-refractivity contribution in [3.8, 4) is 22.2 Å². The summed E-state index contributed by atoms with van der Waals surface area (Å²) in [6.45, 7) is 11.7. The minimum Gasteiger partial charge on any atom is -0.496 e. The average Bonchev–Trinajstić information content (AvgIpc) is 3.68. The molecule has 1 saturated heterocycles. The van der Waals surface area contributed by atoms with Crippen LogP contribution in [0.15, 0.2) is 47.8 Å². The lowest BCUT2D eigenvalue weighted by molar-refractivity contribution is -0.384. The van der Waals surface area contributed by atoms with E-state index in [9.17, 15) is 19.7 Å². The van der Waals surface area contributed by atoms with Gasteiger partial charge in [0.05, 0.1) is 29.8 Å². The number of pyridine rings is 1. The van der Waals surface area contributed by atoms with E-state index in [2.05, 4.69) is 19.2 Å². The van der Waals surface area contributed by atoms with Crippen molar-refractivity contribution in [1.29, 1.82) is 0 Å². The SMILES string of the molecule is COc1ccc2c(O[C@@H]3C[C@@H](C(N)=O)N(C(=O)[C@@H](Nc4ccccc4[N+](=O)[O-])C(C)(C)C)C3)cc(-c3nc(C(C)C)cs3)nc2c1C. The summed E-state index contributed by atoms with van der Waals surface area (Å²) in [7, 11) is 1.61. The summed E-state index contributed by atoms with van der Waals surface area (Å²) < 4.78 is 12.2. The van der Waals surface area contributed by atoms with Crippen molar-refractivity contribution >= 4 is 45.4 Å². The molecule has 2 amide bonds. The number of benzene rings is 2. The van der Waals surface area contributed by atoms with E-state index in [1.807, 2.05) is 51.3 Å². The summed E-state index contributed by atoms with van der Waals surface area (Å²) in [5.74, 6) is 0.402. The highest BCUT2D eigenvalue weighted by molar-refractivity contribution is 7.13. The van der Waals surface area contributed by atoms with Crippen LogP contribution in [0.25, 0.3) is 21.6 Å². The van der Waals surface area contributed by atoms with Crippen LogP contribution in [0.1, 0.15) is 58.2 Å². The molecule has 4 aromatic rings. The van der Waals surface area contributed by atoms with E-state index >= 15 is 0 Å². The second-order valence-electron chi connectivity index (χ2n) is 13.1. The predicted molar refractivity (Wildman–Crippen MR) is 182 cm³/mol. The van der Waals surface area contributed by atoms with Crippen molar-refractivity contribution in [2.24, 2.45) is 11.1 Å². The third kappa shape index (κ3) is 6.85. The Labute approximate surface area is 277 Å². The van der Waals surface area contributed by atoms with E-state index < -0.39 is 40.3 Å². The van der Waals surface area contributed by atoms with Gasteiger partial charge in [0.2, 0.25) is 11.8 Å². The molecule has 0 radical (unpaired) electrons. The van der Waals surface area contributed by atoms with Crippen LogP contribution in [-0.4, -0.2) is 63.4 Å². The molecule has 3 heterocycles. The van der Waals surface area contributed by atoms with Crippen molar-refractivity contribution in [2.75, 3.05) is 19.0 Å².